The van der Waals surface area contributed by atoms with Crippen molar-refractivity contribution in [3.63, 3.8) is 0 Å². The van der Waals surface area contributed by atoms with Gasteiger partial charge in [0.05, 0.1) is 11.7 Å². The van der Waals surface area contributed by atoms with Gasteiger partial charge in [-0.05, 0) is 53.5 Å². The van der Waals surface area contributed by atoms with Gasteiger partial charge in [-0.2, -0.15) is 0 Å². The molecule has 21 heavy (non-hydrogen) atoms. The molecule has 2 aromatic heterocycles. The molecule has 0 radical (unpaired) electrons. The second-order valence-electron chi connectivity index (χ2n) is 5.43. The number of benzene rings is 1. The number of nitrogens with zero attached hydrogens (tertiary/aromatic N) is 4. The number of aromatic nitrogens is 3. The highest BCUT2D eigenvalue weighted by Gasteiger charge is 2.27. The van der Waals surface area contributed by atoms with Crippen LogP contribution in [0.25, 0.3) is 11.0 Å². The van der Waals surface area contributed by atoms with Crippen LogP contribution in [0.1, 0.15) is 30.1 Å². The van der Waals surface area contributed by atoms with E-state index in [-0.39, 0.29) is 0 Å². The lowest BCUT2D eigenvalue weighted by atomic mass is 10.1. The van der Waals surface area contributed by atoms with Gasteiger partial charge in [-0.1, -0.05) is 18.2 Å². The fraction of sp³-hybridized carbons (Fsp3) is 0.312. The smallest absolute Gasteiger partial charge is 0.139 e. The van der Waals surface area contributed by atoms with Gasteiger partial charge in [0.1, 0.15) is 11.0 Å². The van der Waals surface area contributed by atoms with Crippen LogP contribution in [-0.2, 0) is 6.54 Å². The lowest BCUT2D eigenvalue weighted by Crippen LogP contribution is -2.23. The van der Waals surface area contributed by atoms with Crippen LogP contribution in [0.4, 0.5) is 0 Å². The van der Waals surface area contributed by atoms with Gasteiger partial charge in [0.25, 0.3) is 0 Å². The average Bonchev–Trinajstić information content (AvgIpc) is 3.17. The second-order valence-corrected chi connectivity index (χ2v) is 5.43. The van der Waals surface area contributed by atoms with Crippen molar-refractivity contribution in [2.45, 2.75) is 25.4 Å². The minimum atomic E-state index is 0.390. The van der Waals surface area contributed by atoms with E-state index in [9.17, 15) is 0 Å². The number of hydrogen-bond donors (Lipinski definition) is 0. The van der Waals surface area contributed by atoms with Crippen LogP contribution in [-0.4, -0.2) is 26.7 Å². The quantitative estimate of drug-likeness (QED) is 0.738. The summed E-state index contributed by atoms with van der Waals surface area (Å²) in [5.74, 6) is 0. The molecular formula is C16H16N4O. The molecule has 1 aliphatic rings. The summed E-state index contributed by atoms with van der Waals surface area (Å²) in [5.41, 5.74) is 4.00. The van der Waals surface area contributed by atoms with Gasteiger partial charge >= 0.3 is 0 Å². The Morgan fingerprint density at radius 3 is 3.05 bits per heavy atom. The number of rotatable bonds is 3. The SMILES string of the molecule is c1ccc([C@H]2CCCN2Cc2cccc3nonc23)nc1. The molecule has 3 heterocycles. The van der Waals surface area contributed by atoms with Gasteiger partial charge in [0, 0.05) is 12.7 Å². The molecule has 3 aromatic rings. The van der Waals surface area contributed by atoms with E-state index in [1.165, 1.54) is 6.42 Å². The maximum absolute atomic E-state index is 4.85. The van der Waals surface area contributed by atoms with E-state index in [0.29, 0.717) is 6.04 Å². The zero-order valence-electron chi connectivity index (χ0n) is 11.6. The maximum atomic E-state index is 4.85. The number of likely N-dealkylation sites (tertiary alicyclic amines) is 1. The van der Waals surface area contributed by atoms with Crippen LogP contribution in [0, 0.1) is 0 Å². The van der Waals surface area contributed by atoms with Gasteiger partial charge in [0.2, 0.25) is 0 Å². The third-order valence-electron chi connectivity index (χ3n) is 4.14. The van der Waals surface area contributed by atoms with Crippen LogP contribution in [0.15, 0.2) is 47.2 Å². The Hall–Kier alpha value is -2.27. The molecule has 1 aliphatic heterocycles. The van der Waals surface area contributed by atoms with Gasteiger partial charge in [-0.3, -0.25) is 9.88 Å². The predicted octanol–water partition coefficient (Wildman–Crippen LogP) is 2.95. The standard InChI is InChI=1S/C16H16N4O/c1-2-9-17-13(6-1)15-8-4-10-20(15)11-12-5-3-7-14-16(12)19-21-18-14/h1-3,5-7,9,15H,4,8,10-11H2/t15-/m1/s1. The number of hydrogen-bond acceptors (Lipinski definition) is 5. The van der Waals surface area contributed by atoms with Crippen molar-refractivity contribution in [2.75, 3.05) is 6.54 Å². The molecule has 1 aromatic carbocycles. The van der Waals surface area contributed by atoms with Gasteiger partial charge in [-0.15, -0.1) is 0 Å². The summed E-state index contributed by atoms with van der Waals surface area (Å²) in [5, 5.41) is 7.94. The highest BCUT2D eigenvalue weighted by Crippen LogP contribution is 2.32. The van der Waals surface area contributed by atoms with Crippen molar-refractivity contribution in [2.24, 2.45) is 0 Å². The van der Waals surface area contributed by atoms with E-state index < -0.39 is 0 Å². The van der Waals surface area contributed by atoms with E-state index in [1.54, 1.807) is 0 Å². The lowest BCUT2D eigenvalue weighted by molar-refractivity contribution is 0.244. The fourth-order valence-electron chi connectivity index (χ4n) is 3.13. The molecule has 106 valence electrons. The lowest BCUT2D eigenvalue weighted by Gasteiger charge is -2.24. The minimum Gasteiger partial charge on any atom is -0.290 e. The number of fused-ring (bicyclic) bond motifs is 1. The van der Waals surface area contributed by atoms with E-state index in [0.717, 1.165) is 41.8 Å². The zero-order valence-corrected chi connectivity index (χ0v) is 11.6. The normalized spacial score (nSPS) is 19.3. The highest BCUT2D eigenvalue weighted by atomic mass is 16.6. The number of pyridine rings is 1. The maximum Gasteiger partial charge on any atom is 0.139 e. The molecule has 4 rings (SSSR count). The summed E-state index contributed by atoms with van der Waals surface area (Å²) < 4.78 is 4.85. The summed E-state index contributed by atoms with van der Waals surface area (Å²) in [4.78, 5) is 6.98. The van der Waals surface area contributed by atoms with Crippen molar-refractivity contribution in [1.82, 2.24) is 20.2 Å². The van der Waals surface area contributed by atoms with Crippen LogP contribution >= 0.6 is 0 Å². The molecule has 0 aliphatic carbocycles. The molecule has 1 saturated heterocycles. The molecular weight excluding hydrogens is 264 g/mol. The Bertz CT molecular complexity index is 740. The van der Waals surface area contributed by atoms with Crippen molar-refractivity contribution in [1.29, 1.82) is 0 Å². The van der Waals surface area contributed by atoms with Crippen LogP contribution < -0.4 is 0 Å². The Morgan fingerprint density at radius 2 is 2.14 bits per heavy atom. The molecule has 0 saturated carbocycles. The van der Waals surface area contributed by atoms with Crippen molar-refractivity contribution >= 4 is 11.0 Å². The third kappa shape index (κ3) is 2.29. The Morgan fingerprint density at radius 1 is 1.14 bits per heavy atom. The monoisotopic (exact) mass is 280 g/mol. The second kappa shape index (κ2) is 5.26. The van der Waals surface area contributed by atoms with Gasteiger partial charge < -0.3 is 0 Å². The Balaban J connectivity index is 1.63. The summed E-state index contributed by atoms with van der Waals surface area (Å²) in [6.45, 7) is 1.94. The minimum absolute atomic E-state index is 0.390. The van der Waals surface area contributed by atoms with Gasteiger partial charge in [-0.25, -0.2) is 4.63 Å². The van der Waals surface area contributed by atoms with Crippen molar-refractivity contribution in [3.05, 3.63) is 53.9 Å². The van der Waals surface area contributed by atoms with Crippen molar-refractivity contribution < 1.29 is 4.63 Å². The summed E-state index contributed by atoms with van der Waals surface area (Å²) in [6.07, 6.45) is 4.23. The van der Waals surface area contributed by atoms with E-state index >= 15 is 0 Å². The van der Waals surface area contributed by atoms with E-state index in [1.807, 2.05) is 24.4 Å². The molecule has 0 bridgehead atoms. The third-order valence-corrected chi connectivity index (χ3v) is 4.14. The molecule has 5 nitrogen and oxygen atoms in total. The summed E-state index contributed by atoms with van der Waals surface area (Å²) in [6, 6.07) is 12.6. The summed E-state index contributed by atoms with van der Waals surface area (Å²) >= 11 is 0. The first kappa shape index (κ1) is 12.5. The fourth-order valence-corrected chi connectivity index (χ4v) is 3.13. The molecule has 1 atom stereocenters. The van der Waals surface area contributed by atoms with Gasteiger partial charge in [0.15, 0.2) is 0 Å². The zero-order chi connectivity index (χ0) is 14.1. The van der Waals surface area contributed by atoms with Crippen LogP contribution in [0.3, 0.4) is 0 Å². The Kier molecular flexibility index (Phi) is 3.12. The molecule has 0 amide bonds. The summed E-state index contributed by atoms with van der Waals surface area (Å²) in [7, 11) is 0. The predicted molar refractivity (Wildman–Crippen MR) is 78.4 cm³/mol. The first-order chi connectivity index (χ1) is 10.4. The molecule has 0 spiro atoms. The Labute approximate surface area is 122 Å². The van der Waals surface area contributed by atoms with E-state index in [4.69, 9.17) is 4.63 Å². The van der Waals surface area contributed by atoms with E-state index in [2.05, 4.69) is 38.4 Å². The largest absolute Gasteiger partial charge is 0.290 e. The molecule has 1 fully saturated rings. The highest BCUT2D eigenvalue weighted by molar-refractivity contribution is 5.76. The average molecular weight is 280 g/mol. The first-order valence-electron chi connectivity index (χ1n) is 7.27. The molecule has 0 unspecified atom stereocenters. The molecule has 5 heteroatoms. The van der Waals surface area contributed by atoms with Crippen molar-refractivity contribution in [3.8, 4) is 0 Å². The first-order valence-corrected chi connectivity index (χ1v) is 7.27. The molecule has 0 N–H and O–H groups in total. The van der Waals surface area contributed by atoms with Crippen LogP contribution in [0.2, 0.25) is 0 Å². The van der Waals surface area contributed by atoms with Crippen LogP contribution in [0.5, 0.6) is 0 Å². The topological polar surface area (TPSA) is 55.1 Å².